The largest absolute Gasteiger partial charge is 0.545 e. The Balaban J connectivity index is 1.67. The second-order valence-electron chi connectivity index (χ2n) is 6.06. The van der Waals surface area contributed by atoms with Gasteiger partial charge in [-0.05, 0) is 42.0 Å². The van der Waals surface area contributed by atoms with E-state index in [1.54, 1.807) is 17.7 Å². The van der Waals surface area contributed by atoms with E-state index in [0.717, 1.165) is 0 Å². The lowest BCUT2D eigenvalue weighted by Crippen LogP contribution is -2.22. The van der Waals surface area contributed by atoms with Crippen molar-refractivity contribution < 1.29 is 23.1 Å². The first-order valence-corrected chi connectivity index (χ1v) is 10.6. The van der Waals surface area contributed by atoms with Crippen LogP contribution in [0.15, 0.2) is 58.9 Å². The molecule has 1 aliphatic rings. The molecule has 0 radical (unpaired) electrons. The number of carboxylic acid groups (broad SMARTS) is 1. The summed E-state index contributed by atoms with van der Waals surface area (Å²) in [5, 5.41) is 15.9. The van der Waals surface area contributed by atoms with E-state index in [1.165, 1.54) is 53.8 Å². The standard InChI is InChI=1S/C19H13N3O5S2/c23-18-15(10-17-20-7-8-28-17)14-9-13(5-6-16(14)21-18)29(26,27)22-12-3-1-11(2-4-12)19(24)25/h1-10,22H,(H,21,23)(H,24,25)/p-1/b15-10+. The van der Waals surface area contributed by atoms with Gasteiger partial charge in [0.15, 0.2) is 0 Å². The molecule has 0 atom stereocenters. The number of fused-ring (bicyclic) bond motifs is 1. The summed E-state index contributed by atoms with van der Waals surface area (Å²) in [5.74, 6) is -1.69. The number of aromatic carboxylic acids is 1. The fourth-order valence-corrected chi connectivity index (χ4v) is 4.45. The zero-order valence-electron chi connectivity index (χ0n) is 14.6. The molecule has 1 aromatic heterocycles. The van der Waals surface area contributed by atoms with Gasteiger partial charge in [0.25, 0.3) is 15.9 Å². The summed E-state index contributed by atoms with van der Waals surface area (Å²) in [6, 6.07) is 9.45. The van der Waals surface area contributed by atoms with Gasteiger partial charge in [0.1, 0.15) is 5.01 Å². The van der Waals surface area contributed by atoms with Crippen LogP contribution in [0.2, 0.25) is 0 Å². The van der Waals surface area contributed by atoms with Crippen LogP contribution in [0, 0.1) is 0 Å². The van der Waals surface area contributed by atoms with Crippen LogP contribution < -0.4 is 15.1 Å². The van der Waals surface area contributed by atoms with Gasteiger partial charge in [0.2, 0.25) is 0 Å². The highest BCUT2D eigenvalue weighted by Gasteiger charge is 2.27. The topological polar surface area (TPSA) is 128 Å². The van der Waals surface area contributed by atoms with E-state index in [1.807, 2.05) is 0 Å². The summed E-state index contributed by atoms with van der Waals surface area (Å²) in [6.45, 7) is 0. The molecular formula is C19H12N3O5S2-. The number of carbonyl (C=O) groups excluding carboxylic acids is 2. The van der Waals surface area contributed by atoms with Gasteiger partial charge in [0.05, 0.1) is 16.4 Å². The monoisotopic (exact) mass is 426 g/mol. The Kier molecular flexibility index (Phi) is 4.65. The summed E-state index contributed by atoms with van der Waals surface area (Å²) in [4.78, 5) is 27.2. The van der Waals surface area contributed by atoms with Crippen LogP contribution in [0.3, 0.4) is 0 Å². The lowest BCUT2D eigenvalue weighted by atomic mass is 10.1. The number of nitrogens with one attached hydrogen (secondary N) is 2. The van der Waals surface area contributed by atoms with Gasteiger partial charge in [-0.1, -0.05) is 12.1 Å². The third-order valence-electron chi connectivity index (χ3n) is 4.18. The molecule has 0 unspecified atom stereocenters. The average molecular weight is 426 g/mol. The maximum atomic E-state index is 12.8. The second-order valence-corrected chi connectivity index (χ2v) is 8.67. The second kappa shape index (κ2) is 7.15. The summed E-state index contributed by atoms with van der Waals surface area (Å²) in [6.07, 6.45) is 3.22. The summed E-state index contributed by atoms with van der Waals surface area (Å²) in [5.41, 5.74) is 1.43. The van der Waals surface area contributed by atoms with Crippen molar-refractivity contribution in [2.45, 2.75) is 4.90 Å². The molecule has 0 fully saturated rings. The van der Waals surface area contributed by atoms with Crippen LogP contribution in [-0.2, 0) is 14.8 Å². The molecule has 3 aromatic rings. The normalized spacial score (nSPS) is 14.5. The SMILES string of the molecule is O=C1Nc2ccc(S(=O)(=O)Nc3ccc(C(=O)[O-])cc3)cc2/C1=C\c1nccs1. The third kappa shape index (κ3) is 3.75. The molecule has 146 valence electrons. The number of hydrogen-bond donors (Lipinski definition) is 2. The smallest absolute Gasteiger partial charge is 0.261 e. The molecule has 10 heteroatoms. The van der Waals surface area contributed by atoms with Crippen LogP contribution >= 0.6 is 11.3 Å². The predicted molar refractivity (Wildman–Crippen MR) is 107 cm³/mol. The van der Waals surface area contributed by atoms with Gasteiger partial charge < -0.3 is 15.2 Å². The van der Waals surface area contributed by atoms with Crippen molar-refractivity contribution in [3.8, 4) is 0 Å². The number of benzene rings is 2. The Morgan fingerprint density at radius 1 is 1.17 bits per heavy atom. The summed E-state index contributed by atoms with van der Waals surface area (Å²) < 4.78 is 27.9. The van der Waals surface area contributed by atoms with Crippen LogP contribution in [0.25, 0.3) is 11.6 Å². The van der Waals surface area contributed by atoms with E-state index in [2.05, 4.69) is 15.0 Å². The first-order valence-electron chi connectivity index (χ1n) is 8.25. The molecule has 2 heterocycles. The third-order valence-corrected chi connectivity index (χ3v) is 6.28. The number of aromatic nitrogens is 1. The molecule has 0 saturated carbocycles. The van der Waals surface area contributed by atoms with Crippen LogP contribution in [0.1, 0.15) is 20.9 Å². The lowest BCUT2D eigenvalue weighted by Gasteiger charge is -2.10. The van der Waals surface area contributed by atoms with E-state index in [0.29, 0.717) is 21.8 Å². The number of anilines is 2. The highest BCUT2D eigenvalue weighted by Crippen LogP contribution is 2.35. The number of thiazole rings is 1. The average Bonchev–Trinajstić information content (AvgIpc) is 3.30. The Hall–Kier alpha value is -3.50. The number of sulfonamides is 1. The zero-order chi connectivity index (χ0) is 20.6. The van der Waals surface area contributed by atoms with Gasteiger partial charge in [-0.3, -0.25) is 9.52 Å². The number of amides is 1. The maximum absolute atomic E-state index is 12.8. The van der Waals surface area contributed by atoms with Crippen molar-refractivity contribution in [3.05, 3.63) is 70.2 Å². The van der Waals surface area contributed by atoms with E-state index >= 15 is 0 Å². The molecule has 29 heavy (non-hydrogen) atoms. The van der Waals surface area contributed by atoms with Crippen molar-refractivity contribution in [1.29, 1.82) is 0 Å². The highest BCUT2D eigenvalue weighted by atomic mass is 32.2. The van der Waals surface area contributed by atoms with Crippen molar-refractivity contribution in [1.82, 2.24) is 4.98 Å². The predicted octanol–water partition coefficient (Wildman–Crippen LogP) is 1.80. The minimum atomic E-state index is -3.96. The fraction of sp³-hybridized carbons (Fsp3) is 0. The maximum Gasteiger partial charge on any atom is 0.261 e. The van der Waals surface area contributed by atoms with E-state index in [9.17, 15) is 23.1 Å². The molecule has 0 saturated heterocycles. The number of hydrogen-bond acceptors (Lipinski definition) is 7. The molecule has 8 nitrogen and oxygen atoms in total. The van der Waals surface area contributed by atoms with E-state index in [4.69, 9.17) is 0 Å². The first kappa shape index (κ1) is 18.8. The van der Waals surface area contributed by atoms with Crippen molar-refractivity contribution in [3.63, 3.8) is 0 Å². The van der Waals surface area contributed by atoms with Gasteiger partial charge >= 0.3 is 0 Å². The van der Waals surface area contributed by atoms with Crippen molar-refractivity contribution in [2.24, 2.45) is 0 Å². The fourth-order valence-electron chi connectivity index (χ4n) is 2.80. The molecule has 0 aliphatic carbocycles. The van der Waals surface area contributed by atoms with E-state index < -0.39 is 16.0 Å². The number of carboxylic acids is 1. The lowest BCUT2D eigenvalue weighted by molar-refractivity contribution is -0.255. The summed E-state index contributed by atoms with van der Waals surface area (Å²) >= 11 is 1.36. The van der Waals surface area contributed by atoms with Crippen LogP contribution in [0.5, 0.6) is 0 Å². The molecule has 2 N–H and O–H groups in total. The first-order chi connectivity index (χ1) is 13.8. The van der Waals surface area contributed by atoms with Gasteiger partial charge in [-0.25, -0.2) is 13.4 Å². The highest BCUT2D eigenvalue weighted by molar-refractivity contribution is 7.92. The molecule has 1 amide bonds. The number of carbonyl (C=O) groups is 2. The number of rotatable bonds is 5. The Bertz CT molecular complexity index is 1250. The molecule has 2 aromatic carbocycles. The molecule has 0 spiro atoms. The minimum absolute atomic E-state index is 0.0400. The van der Waals surface area contributed by atoms with Crippen LogP contribution in [0.4, 0.5) is 11.4 Å². The van der Waals surface area contributed by atoms with E-state index in [-0.39, 0.29) is 22.1 Å². The number of nitrogens with zero attached hydrogens (tertiary/aromatic N) is 1. The van der Waals surface area contributed by atoms with Crippen LogP contribution in [-0.4, -0.2) is 25.3 Å². The molecular weight excluding hydrogens is 414 g/mol. The van der Waals surface area contributed by atoms with Crippen molar-refractivity contribution >= 4 is 56.3 Å². The van der Waals surface area contributed by atoms with Gasteiger partial charge in [-0.2, -0.15) is 0 Å². The molecule has 1 aliphatic heterocycles. The van der Waals surface area contributed by atoms with Gasteiger partial charge in [0, 0.05) is 28.5 Å². The zero-order valence-corrected chi connectivity index (χ0v) is 16.2. The summed E-state index contributed by atoms with van der Waals surface area (Å²) in [7, 11) is -3.96. The molecule has 0 bridgehead atoms. The van der Waals surface area contributed by atoms with Gasteiger partial charge in [-0.15, -0.1) is 11.3 Å². The molecule has 4 rings (SSSR count). The Labute approximate surface area is 169 Å². The Morgan fingerprint density at radius 3 is 2.59 bits per heavy atom. The van der Waals surface area contributed by atoms with Crippen molar-refractivity contribution in [2.75, 3.05) is 10.0 Å². The Morgan fingerprint density at radius 2 is 1.93 bits per heavy atom. The quantitative estimate of drug-likeness (QED) is 0.599. The minimum Gasteiger partial charge on any atom is -0.545 e.